The molecule has 0 spiro atoms. The van der Waals surface area contributed by atoms with Crippen LogP contribution in [0.3, 0.4) is 0 Å². The number of fused-ring (bicyclic) bond motifs is 2. The van der Waals surface area contributed by atoms with E-state index in [9.17, 15) is 9.59 Å². The number of anilines is 1. The third-order valence-electron chi connectivity index (χ3n) is 5.27. The Balaban J connectivity index is 1.34. The fraction of sp³-hybridized carbons (Fsp3) is 0.125. The molecule has 3 aromatic carbocycles. The van der Waals surface area contributed by atoms with Crippen LogP contribution in [-0.2, 0) is 13.0 Å². The van der Waals surface area contributed by atoms with Gasteiger partial charge in [-0.1, -0.05) is 36.4 Å². The fourth-order valence-corrected chi connectivity index (χ4v) is 4.59. The van der Waals surface area contributed by atoms with Crippen LogP contribution in [0.2, 0.25) is 0 Å². The van der Waals surface area contributed by atoms with Crippen LogP contribution in [0.4, 0.5) is 5.69 Å². The second kappa shape index (κ2) is 7.72. The normalized spacial score (nSPS) is 13.1. The molecule has 5 nitrogen and oxygen atoms in total. The highest BCUT2D eigenvalue weighted by atomic mass is 32.1. The van der Waals surface area contributed by atoms with Crippen molar-refractivity contribution in [3.05, 3.63) is 94.5 Å². The molecule has 0 saturated carbocycles. The van der Waals surface area contributed by atoms with Crippen LogP contribution in [0.5, 0.6) is 0 Å². The lowest BCUT2D eigenvalue weighted by molar-refractivity contribution is 0.0734. The highest BCUT2D eigenvalue weighted by Gasteiger charge is 2.22. The Labute approximate surface area is 178 Å². The average molecular weight is 414 g/mol. The molecule has 148 valence electrons. The molecule has 1 aliphatic rings. The van der Waals surface area contributed by atoms with Crippen LogP contribution >= 0.6 is 11.3 Å². The lowest BCUT2D eigenvalue weighted by Crippen LogP contribution is -2.36. The molecule has 2 amide bonds. The number of aromatic nitrogens is 1. The summed E-state index contributed by atoms with van der Waals surface area (Å²) in [5.74, 6) is -0.186. The zero-order valence-corrected chi connectivity index (χ0v) is 17.0. The van der Waals surface area contributed by atoms with Crippen molar-refractivity contribution >= 4 is 39.1 Å². The summed E-state index contributed by atoms with van der Waals surface area (Å²) in [5, 5.41) is 3.39. The van der Waals surface area contributed by atoms with E-state index in [4.69, 9.17) is 0 Å². The van der Waals surface area contributed by atoms with E-state index < -0.39 is 0 Å². The van der Waals surface area contributed by atoms with Crippen LogP contribution in [0.1, 0.15) is 31.3 Å². The number of carbonyl (C=O) groups excluding carboxylic acids is 2. The second-order valence-electron chi connectivity index (χ2n) is 7.27. The zero-order valence-electron chi connectivity index (χ0n) is 16.2. The molecule has 1 N–H and O–H groups in total. The van der Waals surface area contributed by atoms with Crippen molar-refractivity contribution in [1.82, 2.24) is 9.88 Å². The molecule has 0 aliphatic carbocycles. The molecule has 4 aromatic rings. The van der Waals surface area contributed by atoms with Crippen molar-refractivity contribution in [1.29, 1.82) is 0 Å². The number of benzene rings is 3. The van der Waals surface area contributed by atoms with E-state index in [2.05, 4.69) is 10.3 Å². The highest BCUT2D eigenvalue weighted by molar-refractivity contribution is 7.20. The van der Waals surface area contributed by atoms with E-state index in [1.54, 1.807) is 0 Å². The summed E-state index contributed by atoms with van der Waals surface area (Å²) in [6, 6.07) is 23.0. The Morgan fingerprint density at radius 1 is 0.933 bits per heavy atom. The molecule has 0 radical (unpaired) electrons. The molecule has 30 heavy (non-hydrogen) atoms. The van der Waals surface area contributed by atoms with Crippen molar-refractivity contribution in [2.45, 2.75) is 13.0 Å². The van der Waals surface area contributed by atoms with Gasteiger partial charge in [0.05, 0.1) is 10.2 Å². The SMILES string of the molecule is O=C(Nc1ccc2c(c1)CN(C(=O)c1ccccc1)CC2)c1nc2ccccc2s1. The minimum atomic E-state index is -0.218. The van der Waals surface area contributed by atoms with Gasteiger partial charge in [0.15, 0.2) is 5.01 Å². The summed E-state index contributed by atoms with van der Waals surface area (Å²) in [6.07, 6.45) is 0.806. The van der Waals surface area contributed by atoms with E-state index in [0.717, 1.165) is 22.2 Å². The van der Waals surface area contributed by atoms with Crippen LogP contribution in [-0.4, -0.2) is 28.2 Å². The number of rotatable bonds is 3. The molecular weight excluding hydrogens is 394 g/mol. The van der Waals surface area contributed by atoms with Gasteiger partial charge in [-0.3, -0.25) is 9.59 Å². The van der Waals surface area contributed by atoms with Crippen molar-refractivity contribution in [2.75, 3.05) is 11.9 Å². The van der Waals surface area contributed by atoms with E-state index in [1.165, 1.54) is 16.9 Å². The Bertz CT molecular complexity index is 1220. The molecule has 0 unspecified atom stereocenters. The highest BCUT2D eigenvalue weighted by Crippen LogP contribution is 2.26. The van der Waals surface area contributed by atoms with Crippen LogP contribution < -0.4 is 5.32 Å². The number of para-hydroxylation sites is 1. The first kappa shape index (κ1) is 18.5. The quantitative estimate of drug-likeness (QED) is 0.527. The summed E-state index contributed by atoms with van der Waals surface area (Å²) in [6.45, 7) is 1.23. The van der Waals surface area contributed by atoms with E-state index in [-0.39, 0.29) is 11.8 Å². The summed E-state index contributed by atoms with van der Waals surface area (Å²) >= 11 is 1.38. The molecule has 0 fully saturated rings. The number of amides is 2. The largest absolute Gasteiger partial charge is 0.334 e. The van der Waals surface area contributed by atoms with Gasteiger partial charge in [0, 0.05) is 24.3 Å². The lowest BCUT2D eigenvalue weighted by atomic mass is 9.98. The van der Waals surface area contributed by atoms with Crippen LogP contribution in [0, 0.1) is 0 Å². The summed E-state index contributed by atoms with van der Waals surface area (Å²) in [4.78, 5) is 31.8. The molecule has 0 bridgehead atoms. The van der Waals surface area contributed by atoms with E-state index >= 15 is 0 Å². The average Bonchev–Trinajstić information content (AvgIpc) is 3.23. The third-order valence-corrected chi connectivity index (χ3v) is 6.31. The predicted molar refractivity (Wildman–Crippen MR) is 119 cm³/mol. The van der Waals surface area contributed by atoms with Gasteiger partial charge < -0.3 is 10.2 Å². The number of hydrogen-bond acceptors (Lipinski definition) is 4. The fourth-order valence-electron chi connectivity index (χ4n) is 3.73. The standard InChI is InChI=1S/C24H19N3O2S/c28-22(23-26-20-8-4-5-9-21(20)30-23)25-19-11-10-16-12-13-27(15-18(16)14-19)24(29)17-6-2-1-3-7-17/h1-11,14H,12-13,15H2,(H,25,28). The van der Waals surface area contributed by atoms with Gasteiger partial charge >= 0.3 is 0 Å². The predicted octanol–water partition coefficient (Wildman–Crippen LogP) is 4.75. The third kappa shape index (κ3) is 3.57. The minimum absolute atomic E-state index is 0.0326. The Kier molecular flexibility index (Phi) is 4.77. The minimum Gasteiger partial charge on any atom is -0.334 e. The zero-order chi connectivity index (χ0) is 20.5. The summed E-state index contributed by atoms with van der Waals surface area (Å²) in [5.41, 5.74) is 4.51. The van der Waals surface area contributed by atoms with Gasteiger partial charge in [-0.15, -0.1) is 11.3 Å². The van der Waals surface area contributed by atoms with Crippen molar-refractivity contribution in [2.24, 2.45) is 0 Å². The summed E-state index contributed by atoms with van der Waals surface area (Å²) < 4.78 is 0.989. The molecule has 0 saturated heterocycles. The molecular formula is C24H19N3O2S. The van der Waals surface area contributed by atoms with Gasteiger partial charge in [0.1, 0.15) is 0 Å². The molecule has 2 heterocycles. The second-order valence-corrected chi connectivity index (χ2v) is 8.30. The lowest BCUT2D eigenvalue weighted by Gasteiger charge is -2.29. The number of nitrogens with zero attached hydrogens (tertiary/aromatic N) is 2. The number of thiazole rings is 1. The molecule has 1 aliphatic heterocycles. The van der Waals surface area contributed by atoms with Gasteiger partial charge in [0.2, 0.25) is 0 Å². The Morgan fingerprint density at radius 2 is 1.73 bits per heavy atom. The van der Waals surface area contributed by atoms with Gasteiger partial charge in [-0.2, -0.15) is 0 Å². The van der Waals surface area contributed by atoms with E-state index in [0.29, 0.717) is 29.3 Å². The first-order chi connectivity index (χ1) is 14.7. The van der Waals surface area contributed by atoms with Gasteiger partial charge in [-0.25, -0.2) is 4.98 Å². The maximum atomic E-state index is 12.8. The van der Waals surface area contributed by atoms with E-state index in [1.807, 2.05) is 77.7 Å². The molecule has 0 atom stereocenters. The van der Waals surface area contributed by atoms with Gasteiger partial charge in [-0.05, 0) is 53.9 Å². The van der Waals surface area contributed by atoms with Crippen molar-refractivity contribution in [3.8, 4) is 0 Å². The first-order valence-electron chi connectivity index (χ1n) is 9.80. The Morgan fingerprint density at radius 3 is 2.57 bits per heavy atom. The summed E-state index contributed by atoms with van der Waals surface area (Å²) in [7, 11) is 0. The van der Waals surface area contributed by atoms with Crippen molar-refractivity contribution in [3.63, 3.8) is 0 Å². The maximum absolute atomic E-state index is 12.8. The number of carbonyl (C=O) groups is 2. The van der Waals surface area contributed by atoms with Crippen LogP contribution in [0.25, 0.3) is 10.2 Å². The van der Waals surface area contributed by atoms with Gasteiger partial charge in [0.25, 0.3) is 11.8 Å². The number of hydrogen-bond donors (Lipinski definition) is 1. The molecule has 6 heteroatoms. The van der Waals surface area contributed by atoms with Crippen molar-refractivity contribution < 1.29 is 9.59 Å². The monoisotopic (exact) mass is 413 g/mol. The Hall–Kier alpha value is -3.51. The molecule has 1 aromatic heterocycles. The topological polar surface area (TPSA) is 62.3 Å². The first-order valence-corrected chi connectivity index (χ1v) is 10.6. The maximum Gasteiger partial charge on any atom is 0.284 e. The number of nitrogens with one attached hydrogen (secondary N) is 1. The van der Waals surface area contributed by atoms with Crippen LogP contribution in [0.15, 0.2) is 72.8 Å². The smallest absolute Gasteiger partial charge is 0.284 e. The molecule has 5 rings (SSSR count).